The molecule has 0 saturated carbocycles. The van der Waals surface area contributed by atoms with Gasteiger partial charge in [-0.3, -0.25) is 4.79 Å². The molecular weight excluding hydrogens is 574 g/mol. The minimum atomic E-state index is -1.25. The maximum atomic E-state index is 12.4. The van der Waals surface area contributed by atoms with Crippen molar-refractivity contribution in [2.45, 2.75) is 218 Å². The van der Waals surface area contributed by atoms with Crippen molar-refractivity contribution in [2.24, 2.45) is 0 Å². The van der Waals surface area contributed by atoms with Crippen molar-refractivity contribution in [2.75, 3.05) is 6.61 Å². The topological polar surface area (TPSA) is 110 Å². The third-order valence-electron chi connectivity index (χ3n) is 9.18. The second-order valence-electron chi connectivity index (χ2n) is 13.6. The van der Waals surface area contributed by atoms with Crippen LogP contribution in [0.3, 0.4) is 0 Å². The summed E-state index contributed by atoms with van der Waals surface area (Å²) in [6, 6.07) is -0.981. The van der Waals surface area contributed by atoms with E-state index in [2.05, 4.69) is 43.5 Å². The molecule has 4 unspecified atom stereocenters. The van der Waals surface area contributed by atoms with E-state index >= 15 is 0 Å². The van der Waals surface area contributed by atoms with Gasteiger partial charge in [-0.1, -0.05) is 179 Å². The maximum Gasteiger partial charge on any atom is 0.249 e. The van der Waals surface area contributed by atoms with Crippen LogP contribution >= 0.6 is 0 Å². The first-order valence-corrected chi connectivity index (χ1v) is 19.7. The van der Waals surface area contributed by atoms with Crippen molar-refractivity contribution >= 4 is 5.91 Å². The summed E-state index contributed by atoms with van der Waals surface area (Å²) >= 11 is 0. The number of aliphatic hydroxyl groups excluding tert-OH is 4. The van der Waals surface area contributed by atoms with Gasteiger partial charge in [-0.2, -0.15) is 0 Å². The van der Waals surface area contributed by atoms with Crippen LogP contribution in [0.25, 0.3) is 0 Å². The largest absolute Gasteiger partial charge is 0.394 e. The third-order valence-corrected chi connectivity index (χ3v) is 9.18. The first-order valence-electron chi connectivity index (χ1n) is 19.7. The van der Waals surface area contributed by atoms with E-state index in [1.54, 1.807) is 0 Å². The van der Waals surface area contributed by atoms with Gasteiger partial charge in [0, 0.05) is 0 Å². The van der Waals surface area contributed by atoms with Crippen LogP contribution in [-0.2, 0) is 4.79 Å². The van der Waals surface area contributed by atoms with Gasteiger partial charge in [-0.05, 0) is 38.5 Å². The monoisotopic (exact) mass is 652 g/mol. The zero-order chi connectivity index (χ0) is 33.9. The molecule has 5 N–H and O–H groups in total. The molecule has 0 aliphatic heterocycles. The number of amides is 1. The smallest absolute Gasteiger partial charge is 0.249 e. The first-order chi connectivity index (χ1) is 22.5. The average Bonchev–Trinajstić information content (AvgIpc) is 3.06. The quantitative estimate of drug-likeness (QED) is 0.0346. The second-order valence-corrected chi connectivity index (χ2v) is 13.6. The summed E-state index contributed by atoms with van der Waals surface area (Å²) in [5, 5.41) is 43.4. The molecule has 272 valence electrons. The number of hydrogen-bond donors (Lipinski definition) is 5. The molecule has 0 aromatic carbocycles. The molecule has 0 rings (SSSR count). The first kappa shape index (κ1) is 44.8. The van der Waals surface area contributed by atoms with Gasteiger partial charge in [-0.15, -0.1) is 0 Å². The normalized spacial score (nSPS) is 14.7. The Hall–Kier alpha value is -1.21. The Morgan fingerprint density at radius 2 is 1.00 bits per heavy atom. The second kappa shape index (κ2) is 35.1. The fraction of sp³-hybridized carbons (Fsp3) is 0.875. The Labute approximate surface area is 284 Å². The number of hydrogen-bond acceptors (Lipinski definition) is 5. The van der Waals surface area contributed by atoms with Crippen LogP contribution in [0, 0.1) is 0 Å². The molecule has 0 aromatic rings. The fourth-order valence-electron chi connectivity index (χ4n) is 6.03. The minimum absolute atomic E-state index is 0.369. The Morgan fingerprint density at radius 1 is 0.565 bits per heavy atom. The Kier molecular flexibility index (Phi) is 34.2. The fourth-order valence-corrected chi connectivity index (χ4v) is 6.03. The van der Waals surface area contributed by atoms with E-state index in [-0.39, 0.29) is 0 Å². The molecule has 0 aliphatic carbocycles. The third kappa shape index (κ3) is 29.0. The average molecular weight is 652 g/mol. The highest BCUT2D eigenvalue weighted by Gasteiger charge is 2.28. The van der Waals surface area contributed by atoms with E-state index in [1.807, 2.05) is 0 Å². The zero-order valence-electron chi connectivity index (χ0n) is 30.3. The molecule has 6 nitrogen and oxygen atoms in total. The van der Waals surface area contributed by atoms with Gasteiger partial charge >= 0.3 is 0 Å². The highest BCUT2D eigenvalue weighted by molar-refractivity contribution is 5.80. The van der Waals surface area contributed by atoms with Crippen LogP contribution in [0.15, 0.2) is 24.3 Å². The number of unbranched alkanes of at least 4 members (excludes halogenated alkanes) is 22. The molecular formula is C40H77NO5. The molecule has 1 amide bonds. The molecule has 0 aliphatic rings. The minimum Gasteiger partial charge on any atom is -0.394 e. The number of aliphatic hydroxyl groups is 4. The van der Waals surface area contributed by atoms with Crippen LogP contribution in [0.4, 0.5) is 0 Å². The zero-order valence-corrected chi connectivity index (χ0v) is 30.3. The van der Waals surface area contributed by atoms with Gasteiger partial charge in [0.1, 0.15) is 12.2 Å². The lowest BCUT2D eigenvalue weighted by Crippen LogP contribution is -2.53. The molecule has 0 bridgehead atoms. The van der Waals surface area contributed by atoms with Crippen LogP contribution in [-0.4, -0.2) is 57.3 Å². The number of carbonyl (C=O) groups excluding carboxylic acids is 1. The number of nitrogens with one attached hydrogen (secondary N) is 1. The predicted molar refractivity (Wildman–Crippen MR) is 196 cm³/mol. The Bertz CT molecular complexity index is 697. The van der Waals surface area contributed by atoms with Crippen molar-refractivity contribution in [1.29, 1.82) is 0 Å². The predicted octanol–water partition coefficient (Wildman–Crippen LogP) is 9.62. The van der Waals surface area contributed by atoms with E-state index in [1.165, 1.54) is 116 Å². The molecule has 0 fully saturated rings. The van der Waals surface area contributed by atoms with E-state index in [0.29, 0.717) is 12.8 Å². The lowest BCUT2D eigenvalue weighted by molar-refractivity contribution is -0.132. The Morgan fingerprint density at radius 3 is 1.48 bits per heavy atom. The Balaban J connectivity index is 3.72. The molecule has 0 spiro atoms. The summed E-state index contributed by atoms with van der Waals surface area (Å²) in [5.41, 5.74) is 0. The lowest BCUT2D eigenvalue weighted by Gasteiger charge is -2.27. The van der Waals surface area contributed by atoms with Gasteiger partial charge in [0.2, 0.25) is 5.91 Å². The van der Waals surface area contributed by atoms with Gasteiger partial charge in [0.15, 0.2) is 0 Å². The van der Waals surface area contributed by atoms with Crippen LogP contribution < -0.4 is 5.32 Å². The summed E-state index contributed by atoms with van der Waals surface area (Å²) in [7, 11) is 0. The van der Waals surface area contributed by atoms with E-state index in [0.717, 1.165) is 51.4 Å². The summed E-state index contributed by atoms with van der Waals surface area (Å²) in [4.78, 5) is 12.4. The van der Waals surface area contributed by atoms with Crippen molar-refractivity contribution in [3.8, 4) is 0 Å². The maximum absolute atomic E-state index is 12.4. The van der Waals surface area contributed by atoms with Crippen molar-refractivity contribution in [3.05, 3.63) is 24.3 Å². The standard InChI is InChI=1S/C40H77NO5/c1-3-5-7-9-11-13-15-16-17-18-19-20-21-22-23-24-26-28-30-32-34-38(44)40(46)41-36(35-42)39(45)37(43)33-31-29-27-25-14-12-10-8-6-4-2/h5,7,11,13,36-39,42-45H,3-4,6,8-10,12,14-35H2,1-2H3,(H,41,46)/b7-5-,13-11-. The van der Waals surface area contributed by atoms with Gasteiger partial charge in [0.05, 0.1) is 18.8 Å². The summed E-state index contributed by atoms with van der Waals surface area (Å²) in [5.74, 6) is -0.587. The molecule has 0 heterocycles. The molecule has 0 aromatic heterocycles. The lowest BCUT2D eigenvalue weighted by atomic mass is 9.99. The molecule has 46 heavy (non-hydrogen) atoms. The molecule has 4 atom stereocenters. The SMILES string of the molecule is CC/C=C\C/C=C\CCCCCCCCCCCCCCCC(O)C(=O)NC(CO)C(O)C(O)CCCCCCCCCCCC. The number of allylic oxidation sites excluding steroid dienone is 4. The van der Waals surface area contributed by atoms with Crippen molar-refractivity contribution in [1.82, 2.24) is 5.32 Å². The van der Waals surface area contributed by atoms with Crippen LogP contribution in [0.2, 0.25) is 0 Å². The number of rotatable bonds is 35. The highest BCUT2D eigenvalue weighted by atomic mass is 16.3. The van der Waals surface area contributed by atoms with Gasteiger partial charge in [-0.25, -0.2) is 0 Å². The van der Waals surface area contributed by atoms with Crippen LogP contribution in [0.5, 0.6) is 0 Å². The van der Waals surface area contributed by atoms with Crippen molar-refractivity contribution < 1.29 is 25.2 Å². The molecule has 0 saturated heterocycles. The summed E-state index contributed by atoms with van der Waals surface area (Å²) in [6.07, 6.45) is 37.8. The van der Waals surface area contributed by atoms with Gasteiger partial charge < -0.3 is 25.7 Å². The summed E-state index contributed by atoms with van der Waals surface area (Å²) < 4.78 is 0. The summed E-state index contributed by atoms with van der Waals surface area (Å²) in [6.45, 7) is 3.92. The van der Waals surface area contributed by atoms with Crippen LogP contribution in [0.1, 0.15) is 194 Å². The highest BCUT2D eigenvalue weighted by Crippen LogP contribution is 2.16. The van der Waals surface area contributed by atoms with Gasteiger partial charge in [0.25, 0.3) is 0 Å². The molecule has 6 heteroatoms. The van der Waals surface area contributed by atoms with E-state index in [4.69, 9.17) is 0 Å². The van der Waals surface area contributed by atoms with E-state index in [9.17, 15) is 25.2 Å². The van der Waals surface area contributed by atoms with Crippen molar-refractivity contribution in [3.63, 3.8) is 0 Å². The van der Waals surface area contributed by atoms with E-state index < -0.39 is 36.9 Å². The number of carbonyl (C=O) groups is 1. The molecule has 0 radical (unpaired) electrons.